The zero-order valence-electron chi connectivity index (χ0n) is 13.5. The number of para-hydroxylation sites is 2. The summed E-state index contributed by atoms with van der Waals surface area (Å²) in [5.74, 6) is 1.72. The number of ether oxygens (including phenoxy) is 1. The van der Waals surface area contributed by atoms with Gasteiger partial charge in [-0.05, 0) is 24.3 Å². The first-order valence-electron chi connectivity index (χ1n) is 7.96. The predicted molar refractivity (Wildman–Crippen MR) is 104 cm³/mol. The van der Waals surface area contributed by atoms with Crippen LogP contribution >= 0.6 is 23.1 Å². The topological polar surface area (TPSA) is 35.0 Å². The number of benzene rings is 2. The summed E-state index contributed by atoms with van der Waals surface area (Å²) in [5.41, 5.74) is 2.12. The number of fused-ring (bicyclic) bond motifs is 1. The van der Waals surface area contributed by atoms with Crippen LogP contribution in [0.25, 0.3) is 10.9 Å². The van der Waals surface area contributed by atoms with E-state index < -0.39 is 0 Å². The number of nitrogens with zero attached hydrogens (tertiary/aromatic N) is 2. The van der Waals surface area contributed by atoms with Gasteiger partial charge in [-0.3, -0.25) is 4.98 Å². The van der Waals surface area contributed by atoms with Crippen LogP contribution in [-0.4, -0.2) is 9.97 Å². The quantitative estimate of drug-likeness (QED) is 0.419. The van der Waals surface area contributed by atoms with Gasteiger partial charge in [0.15, 0.2) is 0 Å². The van der Waals surface area contributed by atoms with E-state index >= 15 is 0 Å². The molecule has 4 rings (SSSR count). The van der Waals surface area contributed by atoms with Gasteiger partial charge in [-0.1, -0.05) is 36.4 Å². The largest absolute Gasteiger partial charge is 0.486 e. The van der Waals surface area contributed by atoms with Gasteiger partial charge in [0, 0.05) is 27.6 Å². The minimum absolute atomic E-state index is 0.511. The van der Waals surface area contributed by atoms with Crippen molar-refractivity contribution < 1.29 is 4.74 Å². The summed E-state index contributed by atoms with van der Waals surface area (Å²) in [6, 6.07) is 20.1. The molecule has 2 aromatic heterocycles. The van der Waals surface area contributed by atoms with Crippen LogP contribution in [0, 0.1) is 0 Å². The lowest BCUT2D eigenvalue weighted by Gasteiger charge is -2.04. The fourth-order valence-electron chi connectivity index (χ4n) is 2.49. The number of hydrogen-bond donors (Lipinski definition) is 0. The molecule has 0 atom stereocenters. The summed E-state index contributed by atoms with van der Waals surface area (Å²) in [6.45, 7) is 0.511. The highest BCUT2D eigenvalue weighted by atomic mass is 32.2. The summed E-state index contributed by atoms with van der Waals surface area (Å²) >= 11 is 3.44. The van der Waals surface area contributed by atoms with E-state index in [0.29, 0.717) is 6.61 Å². The number of pyridine rings is 1. The van der Waals surface area contributed by atoms with E-state index in [1.165, 1.54) is 10.3 Å². The Morgan fingerprint density at radius 1 is 0.960 bits per heavy atom. The Bertz CT molecular complexity index is 964. The number of aromatic nitrogens is 2. The van der Waals surface area contributed by atoms with Crippen LogP contribution in [0.1, 0.15) is 10.7 Å². The average Bonchev–Trinajstić information content (AvgIpc) is 3.13. The smallest absolute Gasteiger partial charge is 0.140 e. The van der Waals surface area contributed by atoms with Crippen molar-refractivity contribution >= 4 is 34.0 Å². The van der Waals surface area contributed by atoms with E-state index in [1.54, 1.807) is 23.1 Å². The fraction of sp³-hybridized carbons (Fsp3) is 0.100. The molecule has 5 heteroatoms. The Morgan fingerprint density at radius 2 is 1.80 bits per heavy atom. The summed E-state index contributed by atoms with van der Waals surface area (Å²) in [5, 5.41) is 4.30. The molecule has 4 aromatic rings. The molecule has 0 amide bonds. The van der Waals surface area contributed by atoms with E-state index in [4.69, 9.17) is 4.74 Å². The lowest BCUT2D eigenvalue weighted by atomic mass is 10.2. The van der Waals surface area contributed by atoms with E-state index in [1.807, 2.05) is 48.7 Å². The molecule has 3 nitrogen and oxygen atoms in total. The van der Waals surface area contributed by atoms with Crippen molar-refractivity contribution in [1.82, 2.24) is 9.97 Å². The minimum atomic E-state index is 0.511. The molecule has 0 aliphatic carbocycles. The van der Waals surface area contributed by atoms with Crippen molar-refractivity contribution in [2.45, 2.75) is 17.3 Å². The van der Waals surface area contributed by atoms with Gasteiger partial charge >= 0.3 is 0 Å². The second kappa shape index (κ2) is 7.68. The van der Waals surface area contributed by atoms with Crippen LogP contribution in [0.4, 0.5) is 0 Å². The molecule has 25 heavy (non-hydrogen) atoms. The molecule has 0 radical (unpaired) electrons. The molecule has 2 heterocycles. The average molecular weight is 364 g/mol. The van der Waals surface area contributed by atoms with E-state index in [2.05, 4.69) is 33.5 Å². The molecule has 2 aromatic carbocycles. The summed E-state index contributed by atoms with van der Waals surface area (Å²) < 4.78 is 5.76. The highest BCUT2D eigenvalue weighted by Gasteiger charge is 2.06. The summed E-state index contributed by atoms with van der Waals surface area (Å²) in [4.78, 5) is 10.3. The van der Waals surface area contributed by atoms with Crippen molar-refractivity contribution in [3.05, 3.63) is 82.9 Å². The zero-order chi connectivity index (χ0) is 16.9. The second-order valence-corrected chi connectivity index (χ2v) is 7.41. The van der Waals surface area contributed by atoms with Gasteiger partial charge in [-0.2, -0.15) is 0 Å². The van der Waals surface area contributed by atoms with Gasteiger partial charge < -0.3 is 4.74 Å². The van der Waals surface area contributed by atoms with Crippen LogP contribution in [0.5, 0.6) is 5.75 Å². The van der Waals surface area contributed by atoms with Crippen LogP contribution in [0.2, 0.25) is 0 Å². The summed E-state index contributed by atoms with van der Waals surface area (Å²) in [6.07, 6.45) is 1.87. The standard InChI is InChI=1S/C20H16N2OS2/c1-2-6-16(7-3-1)23-12-20-22-15(14-25-20)13-24-19-10-11-21-18-9-5-4-8-17(18)19/h1-11,14H,12-13H2. The Labute approximate surface area is 154 Å². The Balaban J connectivity index is 1.39. The van der Waals surface area contributed by atoms with Crippen molar-refractivity contribution in [3.63, 3.8) is 0 Å². The van der Waals surface area contributed by atoms with Gasteiger partial charge in [0.1, 0.15) is 17.4 Å². The molecule has 0 bridgehead atoms. The maximum atomic E-state index is 5.76. The van der Waals surface area contributed by atoms with Crippen LogP contribution in [0.15, 0.2) is 77.1 Å². The number of thioether (sulfide) groups is 1. The molecule has 0 saturated heterocycles. The molecular formula is C20H16N2OS2. The highest BCUT2D eigenvalue weighted by Crippen LogP contribution is 2.29. The number of rotatable bonds is 6. The molecule has 0 N–H and O–H groups in total. The second-order valence-electron chi connectivity index (χ2n) is 5.45. The van der Waals surface area contributed by atoms with Crippen molar-refractivity contribution in [2.75, 3.05) is 0 Å². The first-order chi connectivity index (χ1) is 12.4. The number of thiazole rings is 1. The van der Waals surface area contributed by atoms with Gasteiger partial charge in [-0.15, -0.1) is 23.1 Å². The van der Waals surface area contributed by atoms with Crippen molar-refractivity contribution in [3.8, 4) is 5.75 Å². The number of hydrogen-bond acceptors (Lipinski definition) is 5. The fourth-order valence-corrected chi connectivity index (χ4v) is 4.24. The molecule has 0 aliphatic rings. The van der Waals surface area contributed by atoms with Gasteiger partial charge in [0.25, 0.3) is 0 Å². The Kier molecular flexibility index (Phi) is 4.95. The molecule has 0 saturated carbocycles. The monoisotopic (exact) mass is 364 g/mol. The predicted octanol–water partition coefficient (Wildman–Crippen LogP) is 5.56. The Hall–Kier alpha value is -2.37. The third-order valence-electron chi connectivity index (χ3n) is 3.69. The maximum Gasteiger partial charge on any atom is 0.140 e. The van der Waals surface area contributed by atoms with Crippen molar-refractivity contribution in [1.29, 1.82) is 0 Å². The lowest BCUT2D eigenvalue weighted by molar-refractivity contribution is 0.305. The SMILES string of the molecule is c1ccc(OCc2nc(CSc3ccnc4ccccc34)cs2)cc1. The maximum absolute atomic E-state index is 5.76. The van der Waals surface area contributed by atoms with Crippen LogP contribution < -0.4 is 4.74 Å². The molecule has 0 spiro atoms. The normalized spacial score (nSPS) is 10.9. The van der Waals surface area contributed by atoms with Gasteiger partial charge in [0.05, 0.1) is 11.2 Å². The first-order valence-corrected chi connectivity index (χ1v) is 9.83. The highest BCUT2D eigenvalue weighted by molar-refractivity contribution is 7.98. The van der Waals surface area contributed by atoms with Crippen LogP contribution in [-0.2, 0) is 12.4 Å². The van der Waals surface area contributed by atoms with Crippen molar-refractivity contribution in [2.24, 2.45) is 0 Å². The third-order valence-corrected chi connectivity index (χ3v) is 5.67. The zero-order valence-corrected chi connectivity index (χ0v) is 15.1. The molecule has 0 unspecified atom stereocenters. The first kappa shape index (κ1) is 16.1. The summed E-state index contributed by atoms with van der Waals surface area (Å²) in [7, 11) is 0. The molecule has 0 fully saturated rings. The molecule has 0 aliphatic heterocycles. The van der Waals surface area contributed by atoms with Gasteiger partial charge in [0.2, 0.25) is 0 Å². The van der Waals surface area contributed by atoms with Gasteiger partial charge in [-0.25, -0.2) is 4.98 Å². The Morgan fingerprint density at radius 3 is 2.72 bits per heavy atom. The third kappa shape index (κ3) is 4.00. The van der Waals surface area contributed by atoms with E-state index in [9.17, 15) is 0 Å². The molecule has 124 valence electrons. The lowest BCUT2D eigenvalue weighted by Crippen LogP contribution is -1.95. The van der Waals surface area contributed by atoms with E-state index in [0.717, 1.165) is 27.7 Å². The minimum Gasteiger partial charge on any atom is -0.486 e. The van der Waals surface area contributed by atoms with Crippen LogP contribution in [0.3, 0.4) is 0 Å². The molecular weight excluding hydrogens is 348 g/mol. The van der Waals surface area contributed by atoms with E-state index in [-0.39, 0.29) is 0 Å².